The monoisotopic (exact) mass is 360 g/mol. The maximum absolute atomic E-state index is 11.7. The maximum Gasteiger partial charge on any atom is 0.310 e. The zero-order valence-corrected chi connectivity index (χ0v) is 16.6. The number of esters is 2. The van der Waals surface area contributed by atoms with E-state index in [-0.39, 0.29) is 18.4 Å². The fraction of sp³-hybridized carbons (Fsp3) is 0.450. The number of carbonyl (C=O) groups excluding carboxylic acids is 2. The Bertz CT molecular complexity index is 628. The molecule has 0 aliphatic rings. The highest BCUT2D eigenvalue weighted by molar-refractivity contribution is 6.95. The summed E-state index contributed by atoms with van der Waals surface area (Å²) in [6.45, 7) is 8.80. The number of benzene rings is 1. The van der Waals surface area contributed by atoms with Crippen molar-refractivity contribution in [1.82, 2.24) is 0 Å². The minimum absolute atomic E-state index is 0.190. The molecular formula is C20H28O4Si. The van der Waals surface area contributed by atoms with Crippen molar-refractivity contribution in [1.29, 1.82) is 0 Å². The van der Waals surface area contributed by atoms with Crippen LogP contribution in [0.1, 0.15) is 33.1 Å². The third kappa shape index (κ3) is 7.12. The van der Waals surface area contributed by atoms with Gasteiger partial charge in [0.2, 0.25) is 0 Å². The van der Waals surface area contributed by atoms with Gasteiger partial charge in [-0.15, -0.1) is 5.73 Å². The Kier molecular flexibility index (Phi) is 8.96. The molecule has 25 heavy (non-hydrogen) atoms. The Morgan fingerprint density at radius 3 is 2.20 bits per heavy atom. The van der Waals surface area contributed by atoms with Crippen molar-refractivity contribution >= 4 is 25.2 Å². The Morgan fingerprint density at radius 1 is 1.00 bits per heavy atom. The number of carbonyl (C=O) groups is 2. The number of hydrogen-bond acceptors (Lipinski definition) is 4. The van der Waals surface area contributed by atoms with Crippen LogP contribution < -0.4 is 5.19 Å². The van der Waals surface area contributed by atoms with E-state index in [4.69, 9.17) is 9.47 Å². The van der Waals surface area contributed by atoms with Gasteiger partial charge in [-0.2, -0.15) is 0 Å². The molecule has 0 aromatic heterocycles. The quantitative estimate of drug-likeness (QED) is 0.384. The molecule has 0 spiro atoms. The predicted octanol–water partition coefficient (Wildman–Crippen LogP) is 3.52. The van der Waals surface area contributed by atoms with E-state index in [0.29, 0.717) is 26.1 Å². The smallest absolute Gasteiger partial charge is 0.310 e. The summed E-state index contributed by atoms with van der Waals surface area (Å²) in [5.41, 5.74) is 3.29. The lowest BCUT2D eigenvalue weighted by atomic mass is 10.3. The lowest BCUT2D eigenvalue weighted by Crippen LogP contribution is -2.43. The molecule has 1 aromatic rings. The second kappa shape index (κ2) is 10.7. The van der Waals surface area contributed by atoms with Gasteiger partial charge in [0.1, 0.15) is 8.07 Å². The van der Waals surface area contributed by atoms with E-state index < -0.39 is 8.07 Å². The minimum atomic E-state index is -1.97. The van der Waals surface area contributed by atoms with E-state index in [9.17, 15) is 9.59 Å². The molecule has 1 rings (SSSR count). The lowest BCUT2D eigenvalue weighted by molar-refractivity contribution is -0.143. The summed E-state index contributed by atoms with van der Waals surface area (Å²) in [7, 11) is -1.97. The third-order valence-corrected chi connectivity index (χ3v) is 7.66. The summed E-state index contributed by atoms with van der Waals surface area (Å²) in [5, 5.41) is 2.36. The summed E-state index contributed by atoms with van der Waals surface area (Å²) in [6, 6.07) is 10.3. The first-order chi connectivity index (χ1) is 11.9. The van der Waals surface area contributed by atoms with E-state index >= 15 is 0 Å². The molecule has 4 nitrogen and oxygen atoms in total. The van der Waals surface area contributed by atoms with Gasteiger partial charge in [0.25, 0.3) is 0 Å². The molecular weight excluding hydrogens is 332 g/mol. The standard InChI is InChI=1S/C20H28O4Si/c1-5-23-19(21)14-10-13-18(15-16-20(22)24-6-2)25(3,4)17-11-8-7-9-12-17/h7-12H,5-6,14-16H2,1-4H3. The minimum Gasteiger partial charge on any atom is -0.466 e. The van der Waals surface area contributed by atoms with Crippen molar-refractivity contribution in [2.24, 2.45) is 0 Å². The lowest BCUT2D eigenvalue weighted by Gasteiger charge is -2.25. The summed E-state index contributed by atoms with van der Waals surface area (Å²) in [5.74, 6) is -0.469. The summed E-state index contributed by atoms with van der Waals surface area (Å²) >= 11 is 0. The first kappa shape index (κ1) is 20.9. The van der Waals surface area contributed by atoms with Crippen molar-refractivity contribution in [3.05, 3.63) is 47.3 Å². The SMILES string of the molecule is CCOC(=O)CC=C=C(CCC(=O)OCC)[Si](C)(C)c1ccccc1. The number of ether oxygens (including phenoxy) is 2. The Morgan fingerprint density at radius 2 is 1.60 bits per heavy atom. The molecule has 136 valence electrons. The van der Waals surface area contributed by atoms with Crippen LogP contribution in [-0.4, -0.2) is 33.2 Å². The van der Waals surface area contributed by atoms with Gasteiger partial charge >= 0.3 is 11.9 Å². The second-order valence-corrected chi connectivity index (χ2v) is 10.6. The molecule has 0 N–H and O–H groups in total. The van der Waals surface area contributed by atoms with Gasteiger partial charge in [-0.3, -0.25) is 9.59 Å². The van der Waals surface area contributed by atoms with Crippen molar-refractivity contribution < 1.29 is 19.1 Å². The zero-order chi connectivity index (χ0) is 18.7. The van der Waals surface area contributed by atoms with Gasteiger partial charge in [0.15, 0.2) is 0 Å². The van der Waals surface area contributed by atoms with Gasteiger partial charge in [0, 0.05) is 6.42 Å². The van der Waals surface area contributed by atoms with Crippen molar-refractivity contribution in [3.8, 4) is 0 Å². The van der Waals surface area contributed by atoms with E-state index in [1.807, 2.05) is 18.2 Å². The molecule has 0 radical (unpaired) electrons. The summed E-state index contributed by atoms with van der Waals surface area (Å²) < 4.78 is 9.98. The van der Waals surface area contributed by atoms with Crippen molar-refractivity contribution in [3.63, 3.8) is 0 Å². The fourth-order valence-corrected chi connectivity index (χ4v) is 5.12. The van der Waals surface area contributed by atoms with Crippen LogP contribution in [0.5, 0.6) is 0 Å². The molecule has 0 aliphatic carbocycles. The van der Waals surface area contributed by atoms with Crippen LogP contribution in [0.3, 0.4) is 0 Å². The highest BCUT2D eigenvalue weighted by Crippen LogP contribution is 2.20. The number of hydrogen-bond donors (Lipinski definition) is 0. The highest BCUT2D eigenvalue weighted by atomic mass is 28.3. The van der Waals surface area contributed by atoms with Crippen molar-refractivity contribution in [2.45, 2.75) is 46.2 Å². The fourth-order valence-electron chi connectivity index (χ4n) is 2.53. The molecule has 0 fully saturated rings. The molecule has 0 bridgehead atoms. The van der Waals surface area contributed by atoms with E-state index in [1.54, 1.807) is 19.9 Å². The molecule has 0 heterocycles. The number of rotatable bonds is 9. The zero-order valence-electron chi connectivity index (χ0n) is 15.6. The molecule has 1 aromatic carbocycles. The van der Waals surface area contributed by atoms with Gasteiger partial charge in [-0.25, -0.2) is 0 Å². The first-order valence-electron chi connectivity index (χ1n) is 8.73. The molecule has 5 heteroatoms. The summed E-state index contributed by atoms with van der Waals surface area (Å²) in [4.78, 5) is 23.3. The van der Waals surface area contributed by atoms with Crippen LogP contribution in [0.25, 0.3) is 0 Å². The first-order valence-corrected chi connectivity index (χ1v) is 11.7. The molecule has 0 unspecified atom stereocenters. The third-order valence-electron chi connectivity index (χ3n) is 3.98. The normalized spacial score (nSPS) is 10.6. The van der Waals surface area contributed by atoms with E-state index in [0.717, 1.165) is 5.20 Å². The van der Waals surface area contributed by atoms with Crippen LogP contribution in [0.4, 0.5) is 0 Å². The molecule has 0 saturated carbocycles. The van der Waals surface area contributed by atoms with Gasteiger partial charge in [-0.1, -0.05) is 48.6 Å². The second-order valence-electron chi connectivity index (χ2n) is 6.13. The van der Waals surface area contributed by atoms with E-state index in [1.165, 1.54) is 5.19 Å². The average molecular weight is 361 g/mol. The van der Waals surface area contributed by atoms with Gasteiger partial charge in [-0.05, 0) is 31.5 Å². The topological polar surface area (TPSA) is 52.6 Å². The maximum atomic E-state index is 11.7. The van der Waals surface area contributed by atoms with Gasteiger partial charge < -0.3 is 9.47 Å². The molecule has 0 atom stereocenters. The molecule has 0 saturated heterocycles. The Hall–Kier alpha value is -2.10. The summed E-state index contributed by atoms with van der Waals surface area (Å²) in [6.07, 6.45) is 2.82. The van der Waals surface area contributed by atoms with Crippen LogP contribution in [0, 0.1) is 0 Å². The largest absolute Gasteiger partial charge is 0.466 e. The average Bonchev–Trinajstić information content (AvgIpc) is 2.59. The van der Waals surface area contributed by atoms with Gasteiger partial charge in [0.05, 0.1) is 19.6 Å². The Labute approximate surface area is 151 Å². The van der Waals surface area contributed by atoms with Crippen LogP contribution in [0.2, 0.25) is 13.1 Å². The van der Waals surface area contributed by atoms with Crippen LogP contribution in [0.15, 0.2) is 47.3 Å². The molecule has 0 aliphatic heterocycles. The van der Waals surface area contributed by atoms with Crippen LogP contribution >= 0.6 is 0 Å². The molecule has 0 amide bonds. The Balaban J connectivity index is 3.03. The van der Waals surface area contributed by atoms with E-state index in [2.05, 4.69) is 31.0 Å². The van der Waals surface area contributed by atoms with Crippen LogP contribution in [-0.2, 0) is 19.1 Å². The highest BCUT2D eigenvalue weighted by Gasteiger charge is 2.28. The predicted molar refractivity (Wildman–Crippen MR) is 102 cm³/mol. The van der Waals surface area contributed by atoms with Crippen molar-refractivity contribution in [2.75, 3.05) is 13.2 Å².